The van der Waals surface area contributed by atoms with Crippen molar-refractivity contribution in [2.24, 2.45) is 0 Å². The van der Waals surface area contributed by atoms with Crippen LogP contribution in [0.2, 0.25) is 0 Å². The van der Waals surface area contributed by atoms with Gasteiger partial charge < -0.3 is 10.2 Å². The molecule has 21 heavy (non-hydrogen) atoms. The van der Waals surface area contributed by atoms with Gasteiger partial charge in [0.1, 0.15) is 5.82 Å². The van der Waals surface area contributed by atoms with Crippen molar-refractivity contribution < 1.29 is 4.39 Å². The van der Waals surface area contributed by atoms with Crippen molar-refractivity contribution in [1.29, 1.82) is 0 Å². The average molecular weight is 286 g/mol. The molecule has 0 aromatic heterocycles. The summed E-state index contributed by atoms with van der Waals surface area (Å²) >= 11 is 0. The van der Waals surface area contributed by atoms with Crippen LogP contribution in [0, 0.1) is 5.82 Å². The monoisotopic (exact) mass is 286 g/mol. The summed E-state index contributed by atoms with van der Waals surface area (Å²) in [7, 11) is 3.87. The third-order valence-electron chi connectivity index (χ3n) is 3.89. The Bertz CT molecular complexity index is 569. The zero-order chi connectivity index (χ0) is 15.2. The molecule has 0 radical (unpaired) electrons. The first-order valence-corrected chi connectivity index (χ1v) is 7.34. The number of nitrogens with one attached hydrogen (secondary N) is 1. The van der Waals surface area contributed by atoms with E-state index in [-0.39, 0.29) is 11.9 Å². The highest BCUT2D eigenvalue weighted by Gasteiger charge is 2.16. The molecule has 0 fully saturated rings. The second-order valence-corrected chi connectivity index (χ2v) is 5.34. The van der Waals surface area contributed by atoms with E-state index >= 15 is 0 Å². The molecule has 0 aliphatic carbocycles. The van der Waals surface area contributed by atoms with Gasteiger partial charge in [0.2, 0.25) is 0 Å². The van der Waals surface area contributed by atoms with E-state index in [1.165, 1.54) is 11.6 Å². The quantitative estimate of drug-likeness (QED) is 0.869. The molecule has 0 aliphatic rings. The Balaban J connectivity index is 2.15. The first-order valence-electron chi connectivity index (χ1n) is 7.34. The number of nitrogens with zero attached hydrogens (tertiary/aromatic N) is 1. The van der Waals surface area contributed by atoms with Crippen molar-refractivity contribution >= 4 is 5.69 Å². The van der Waals surface area contributed by atoms with Crippen LogP contribution >= 0.6 is 0 Å². The smallest absolute Gasteiger partial charge is 0.130 e. The Morgan fingerprint density at radius 1 is 1.10 bits per heavy atom. The van der Waals surface area contributed by atoms with Gasteiger partial charge in [0.05, 0.1) is 0 Å². The van der Waals surface area contributed by atoms with Gasteiger partial charge in [0, 0.05) is 30.9 Å². The van der Waals surface area contributed by atoms with Crippen LogP contribution in [-0.2, 0) is 6.42 Å². The Morgan fingerprint density at radius 3 is 2.48 bits per heavy atom. The predicted molar refractivity (Wildman–Crippen MR) is 87.3 cm³/mol. The lowest BCUT2D eigenvalue weighted by Gasteiger charge is -2.25. The van der Waals surface area contributed by atoms with Crippen molar-refractivity contribution in [2.45, 2.75) is 19.4 Å². The lowest BCUT2D eigenvalue weighted by Crippen LogP contribution is -2.24. The van der Waals surface area contributed by atoms with Gasteiger partial charge in [-0.1, -0.05) is 36.4 Å². The summed E-state index contributed by atoms with van der Waals surface area (Å²) in [6, 6.07) is 15.6. The molecule has 2 nitrogen and oxygen atoms in total. The molecule has 112 valence electrons. The van der Waals surface area contributed by atoms with E-state index in [1.54, 1.807) is 6.07 Å². The van der Waals surface area contributed by atoms with Gasteiger partial charge in [-0.2, -0.15) is 0 Å². The highest BCUT2D eigenvalue weighted by molar-refractivity contribution is 5.55. The first-order chi connectivity index (χ1) is 10.1. The predicted octanol–water partition coefficient (Wildman–Crippen LogP) is 3.79. The lowest BCUT2D eigenvalue weighted by atomic mass is 10.0. The van der Waals surface area contributed by atoms with Crippen molar-refractivity contribution in [1.82, 2.24) is 5.32 Å². The van der Waals surface area contributed by atoms with Gasteiger partial charge >= 0.3 is 0 Å². The Kier molecular flexibility index (Phi) is 5.34. The molecule has 1 unspecified atom stereocenters. The topological polar surface area (TPSA) is 15.3 Å². The van der Waals surface area contributed by atoms with E-state index in [2.05, 4.69) is 22.3 Å². The molecular formula is C18H23FN2. The zero-order valence-electron chi connectivity index (χ0n) is 12.9. The van der Waals surface area contributed by atoms with Gasteiger partial charge in [-0.25, -0.2) is 4.39 Å². The largest absolute Gasteiger partial charge is 0.374 e. The third kappa shape index (κ3) is 3.82. The maximum Gasteiger partial charge on any atom is 0.130 e. The number of hydrogen-bond acceptors (Lipinski definition) is 2. The minimum Gasteiger partial charge on any atom is -0.374 e. The molecule has 0 heterocycles. The first kappa shape index (κ1) is 15.5. The molecule has 0 saturated heterocycles. The fourth-order valence-electron chi connectivity index (χ4n) is 2.49. The van der Waals surface area contributed by atoms with Crippen LogP contribution in [0.3, 0.4) is 0 Å². The molecular weight excluding hydrogens is 263 g/mol. The SMILES string of the molecule is CNC(C)c1c(F)cccc1N(C)CCc1ccccc1. The van der Waals surface area contributed by atoms with E-state index in [0.717, 1.165) is 24.2 Å². The van der Waals surface area contributed by atoms with E-state index in [9.17, 15) is 4.39 Å². The number of anilines is 1. The summed E-state index contributed by atoms with van der Waals surface area (Å²) in [5, 5.41) is 3.12. The Hall–Kier alpha value is -1.87. The van der Waals surface area contributed by atoms with Crippen LogP contribution in [0.4, 0.5) is 10.1 Å². The van der Waals surface area contributed by atoms with Crippen LogP contribution in [0.1, 0.15) is 24.1 Å². The summed E-state index contributed by atoms with van der Waals surface area (Å²) in [6.45, 7) is 2.84. The van der Waals surface area contributed by atoms with E-state index in [1.807, 2.05) is 45.3 Å². The molecule has 0 amide bonds. The van der Waals surface area contributed by atoms with Gasteiger partial charge in [0.25, 0.3) is 0 Å². The summed E-state index contributed by atoms with van der Waals surface area (Å²) in [6.07, 6.45) is 0.946. The standard InChI is InChI=1S/C18H23FN2/c1-14(20-2)18-16(19)10-7-11-17(18)21(3)13-12-15-8-5-4-6-9-15/h4-11,14,20H,12-13H2,1-3H3. The fraction of sp³-hybridized carbons (Fsp3) is 0.333. The second-order valence-electron chi connectivity index (χ2n) is 5.34. The summed E-state index contributed by atoms with van der Waals surface area (Å²) < 4.78 is 14.1. The summed E-state index contributed by atoms with van der Waals surface area (Å²) in [5.41, 5.74) is 2.98. The third-order valence-corrected chi connectivity index (χ3v) is 3.89. The summed E-state index contributed by atoms with van der Waals surface area (Å²) in [4.78, 5) is 2.12. The molecule has 1 N–H and O–H groups in total. The van der Waals surface area contributed by atoms with Gasteiger partial charge in [-0.3, -0.25) is 0 Å². The van der Waals surface area contributed by atoms with Crippen LogP contribution in [0.15, 0.2) is 48.5 Å². The highest BCUT2D eigenvalue weighted by atomic mass is 19.1. The average Bonchev–Trinajstić information content (AvgIpc) is 2.52. The number of hydrogen-bond donors (Lipinski definition) is 1. The molecule has 2 aromatic rings. The molecule has 1 atom stereocenters. The second kappa shape index (κ2) is 7.23. The van der Waals surface area contributed by atoms with Crippen LogP contribution in [-0.4, -0.2) is 20.6 Å². The fourth-order valence-corrected chi connectivity index (χ4v) is 2.49. The normalized spacial score (nSPS) is 12.2. The molecule has 0 saturated carbocycles. The Labute approximate surface area is 126 Å². The molecule has 0 spiro atoms. The molecule has 0 aliphatic heterocycles. The number of rotatable bonds is 6. The van der Waals surface area contributed by atoms with Crippen LogP contribution < -0.4 is 10.2 Å². The maximum absolute atomic E-state index is 14.1. The lowest BCUT2D eigenvalue weighted by molar-refractivity contribution is 0.561. The molecule has 2 rings (SSSR count). The number of benzene rings is 2. The van der Waals surface area contributed by atoms with Gasteiger partial charge in [-0.05, 0) is 38.1 Å². The highest BCUT2D eigenvalue weighted by Crippen LogP contribution is 2.28. The molecule has 2 aromatic carbocycles. The van der Waals surface area contributed by atoms with E-state index < -0.39 is 0 Å². The van der Waals surface area contributed by atoms with Crippen molar-refractivity contribution in [3.05, 3.63) is 65.5 Å². The van der Waals surface area contributed by atoms with Crippen molar-refractivity contribution in [2.75, 3.05) is 25.5 Å². The van der Waals surface area contributed by atoms with Gasteiger partial charge in [-0.15, -0.1) is 0 Å². The van der Waals surface area contributed by atoms with E-state index in [4.69, 9.17) is 0 Å². The zero-order valence-corrected chi connectivity index (χ0v) is 12.9. The summed E-state index contributed by atoms with van der Waals surface area (Å²) in [5.74, 6) is -0.152. The number of likely N-dealkylation sites (N-methyl/N-ethyl adjacent to an activating group) is 1. The minimum atomic E-state index is -0.152. The van der Waals surface area contributed by atoms with Crippen molar-refractivity contribution in [3.63, 3.8) is 0 Å². The van der Waals surface area contributed by atoms with Crippen LogP contribution in [0.5, 0.6) is 0 Å². The Morgan fingerprint density at radius 2 is 1.81 bits per heavy atom. The maximum atomic E-state index is 14.1. The van der Waals surface area contributed by atoms with Crippen LogP contribution in [0.25, 0.3) is 0 Å². The van der Waals surface area contributed by atoms with Crippen molar-refractivity contribution in [3.8, 4) is 0 Å². The molecule has 3 heteroatoms. The minimum absolute atomic E-state index is 0.0135. The number of halogens is 1. The molecule has 0 bridgehead atoms. The van der Waals surface area contributed by atoms with E-state index in [0.29, 0.717) is 0 Å². The van der Waals surface area contributed by atoms with Gasteiger partial charge in [0.15, 0.2) is 0 Å².